The van der Waals surface area contributed by atoms with Crippen LogP contribution in [0.4, 0.5) is 0 Å². The van der Waals surface area contributed by atoms with Crippen LogP contribution < -0.4 is 0 Å². The average molecular weight is 182 g/mol. The third kappa shape index (κ3) is 2.40. The first-order valence-electron chi connectivity index (χ1n) is 3.49. The normalized spacial score (nSPS) is 12.6. The van der Waals surface area contributed by atoms with E-state index in [9.17, 15) is 0 Å². The molecule has 2 atom stereocenters. The molecule has 1 aromatic carbocycles. The maximum absolute atomic E-state index is 2.75. The first-order chi connectivity index (χ1) is 5.22. The average Bonchev–Trinajstić information content (AvgIpc) is 2.05. The summed E-state index contributed by atoms with van der Waals surface area (Å²) < 4.78 is 0. The van der Waals surface area contributed by atoms with Gasteiger partial charge in [-0.2, -0.15) is 0 Å². The molecule has 1 rings (SSSR count). The van der Waals surface area contributed by atoms with E-state index in [-0.39, 0.29) is 0 Å². The molecule has 58 valence electrons. The summed E-state index contributed by atoms with van der Waals surface area (Å²) in [5.41, 5.74) is 1.27. The highest BCUT2D eigenvalue weighted by molar-refractivity contribution is 7.35. The van der Waals surface area contributed by atoms with Crippen LogP contribution in [0.25, 0.3) is 5.31 Å². The third-order valence-electron chi connectivity index (χ3n) is 1.51. The van der Waals surface area contributed by atoms with Gasteiger partial charge in [0.1, 0.15) is 0 Å². The summed E-state index contributed by atoms with van der Waals surface area (Å²) in [7, 11) is 5.45. The van der Waals surface area contributed by atoms with Crippen molar-refractivity contribution in [1.82, 2.24) is 0 Å². The first kappa shape index (κ1) is 8.91. The molecule has 0 aliphatic rings. The Bertz CT molecular complexity index is 258. The van der Waals surface area contributed by atoms with Gasteiger partial charge in [0.2, 0.25) is 0 Å². The molecule has 2 unspecified atom stereocenters. The fourth-order valence-electron chi connectivity index (χ4n) is 0.845. The maximum atomic E-state index is 2.75. The molecule has 0 heterocycles. The van der Waals surface area contributed by atoms with Crippen molar-refractivity contribution in [2.45, 2.75) is 6.92 Å². The van der Waals surface area contributed by atoms with Crippen LogP contribution in [0.1, 0.15) is 12.5 Å². The Hall–Kier alpha value is -0.180. The standard InChI is InChI=1S/C9H12P2/c1-7(10)9(11)8-5-3-2-4-6-8/h2-6H,10-11H2,1H3/b9-7+. The van der Waals surface area contributed by atoms with Crippen LogP contribution in [0, 0.1) is 0 Å². The zero-order chi connectivity index (χ0) is 8.27. The van der Waals surface area contributed by atoms with E-state index in [0.29, 0.717) is 0 Å². The molecule has 1 aromatic rings. The van der Waals surface area contributed by atoms with E-state index in [1.54, 1.807) is 0 Å². The molecule has 0 nitrogen and oxygen atoms in total. The van der Waals surface area contributed by atoms with Gasteiger partial charge in [0.05, 0.1) is 0 Å². The van der Waals surface area contributed by atoms with E-state index in [0.717, 1.165) is 0 Å². The Balaban J connectivity index is 3.04. The Kier molecular flexibility index (Phi) is 3.24. The van der Waals surface area contributed by atoms with Gasteiger partial charge in [0.15, 0.2) is 0 Å². The molecule has 0 spiro atoms. The van der Waals surface area contributed by atoms with Gasteiger partial charge in [0, 0.05) is 0 Å². The Morgan fingerprint density at radius 2 is 1.64 bits per heavy atom. The van der Waals surface area contributed by atoms with Gasteiger partial charge in [-0.25, -0.2) is 0 Å². The molecule has 0 radical (unpaired) electrons. The van der Waals surface area contributed by atoms with Crippen molar-refractivity contribution < 1.29 is 0 Å². The smallest absolute Gasteiger partial charge is 0.0182 e. The van der Waals surface area contributed by atoms with Gasteiger partial charge >= 0.3 is 0 Å². The van der Waals surface area contributed by atoms with Gasteiger partial charge in [-0.05, 0) is 23.1 Å². The van der Waals surface area contributed by atoms with Crippen molar-refractivity contribution in [2.75, 3.05) is 0 Å². The molecular formula is C9H12P2. The van der Waals surface area contributed by atoms with Crippen LogP contribution >= 0.6 is 18.5 Å². The minimum atomic E-state index is 1.26. The van der Waals surface area contributed by atoms with Crippen molar-refractivity contribution >= 4 is 23.8 Å². The first-order valence-corrected chi connectivity index (χ1v) is 4.64. The quantitative estimate of drug-likeness (QED) is 0.585. The predicted octanol–water partition coefficient (Wildman–Crippen LogP) is 3.13. The van der Waals surface area contributed by atoms with Crippen molar-refractivity contribution in [3.05, 3.63) is 41.2 Å². The summed E-state index contributed by atoms with van der Waals surface area (Å²) in [4.78, 5) is 0. The third-order valence-corrected chi connectivity index (χ3v) is 2.94. The maximum Gasteiger partial charge on any atom is -0.0182 e. The summed E-state index contributed by atoms with van der Waals surface area (Å²) in [6, 6.07) is 10.3. The second-order valence-corrected chi connectivity index (χ2v) is 3.91. The lowest BCUT2D eigenvalue weighted by molar-refractivity contribution is 1.62. The lowest BCUT2D eigenvalue weighted by Crippen LogP contribution is -1.74. The van der Waals surface area contributed by atoms with Crippen LogP contribution in [-0.4, -0.2) is 0 Å². The lowest BCUT2D eigenvalue weighted by atomic mass is 10.2. The fraction of sp³-hybridized carbons (Fsp3) is 0.111. The predicted molar refractivity (Wildman–Crippen MR) is 58.5 cm³/mol. The van der Waals surface area contributed by atoms with Crippen molar-refractivity contribution in [3.8, 4) is 0 Å². The van der Waals surface area contributed by atoms with Gasteiger partial charge < -0.3 is 0 Å². The van der Waals surface area contributed by atoms with Gasteiger partial charge in [-0.3, -0.25) is 0 Å². The van der Waals surface area contributed by atoms with E-state index < -0.39 is 0 Å². The molecule has 0 aromatic heterocycles. The highest BCUT2D eigenvalue weighted by atomic mass is 31.0. The molecule has 0 saturated heterocycles. The summed E-state index contributed by atoms with van der Waals surface area (Å²) in [5.74, 6) is 0. The topological polar surface area (TPSA) is 0 Å². The summed E-state index contributed by atoms with van der Waals surface area (Å²) in [6.07, 6.45) is 0. The largest absolute Gasteiger partial charge is 0.110 e. The van der Waals surface area contributed by atoms with Crippen molar-refractivity contribution in [2.24, 2.45) is 0 Å². The molecular weight excluding hydrogens is 170 g/mol. The highest BCUT2D eigenvalue weighted by Crippen LogP contribution is 2.27. The number of benzene rings is 1. The van der Waals surface area contributed by atoms with E-state index in [2.05, 4.69) is 37.5 Å². The van der Waals surface area contributed by atoms with Crippen LogP contribution in [0.3, 0.4) is 0 Å². The van der Waals surface area contributed by atoms with E-state index in [4.69, 9.17) is 0 Å². The number of rotatable bonds is 1. The molecule has 0 fully saturated rings. The molecule has 0 N–H and O–H groups in total. The Morgan fingerprint density at radius 3 is 2.09 bits per heavy atom. The minimum Gasteiger partial charge on any atom is -0.110 e. The number of hydrogen-bond acceptors (Lipinski definition) is 0. The van der Waals surface area contributed by atoms with Gasteiger partial charge in [0.25, 0.3) is 0 Å². The number of hydrogen-bond donors (Lipinski definition) is 0. The van der Waals surface area contributed by atoms with E-state index >= 15 is 0 Å². The summed E-state index contributed by atoms with van der Waals surface area (Å²) in [5, 5.41) is 2.52. The Labute approximate surface area is 72.5 Å². The molecule has 0 aliphatic carbocycles. The summed E-state index contributed by atoms with van der Waals surface area (Å²) in [6.45, 7) is 2.08. The van der Waals surface area contributed by atoms with Crippen molar-refractivity contribution in [3.63, 3.8) is 0 Å². The highest BCUT2D eigenvalue weighted by Gasteiger charge is 1.94. The van der Waals surface area contributed by atoms with Crippen LogP contribution in [0.15, 0.2) is 35.6 Å². The molecule has 0 aliphatic heterocycles. The zero-order valence-electron chi connectivity index (χ0n) is 6.54. The van der Waals surface area contributed by atoms with E-state index in [1.807, 2.05) is 18.2 Å². The second-order valence-electron chi connectivity index (χ2n) is 2.46. The fourth-order valence-corrected chi connectivity index (χ4v) is 1.20. The molecule has 2 heteroatoms. The minimum absolute atomic E-state index is 1.26. The number of allylic oxidation sites excluding steroid dienone is 1. The van der Waals surface area contributed by atoms with Gasteiger partial charge in [-0.15, -0.1) is 18.5 Å². The van der Waals surface area contributed by atoms with Crippen LogP contribution in [0.5, 0.6) is 0 Å². The zero-order valence-corrected chi connectivity index (χ0v) is 8.85. The second kappa shape index (κ2) is 4.00. The summed E-state index contributed by atoms with van der Waals surface area (Å²) >= 11 is 0. The SMILES string of the molecule is C/C(P)=C(\P)c1ccccc1. The van der Waals surface area contributed by atoms with Crippen LogP contribution in [-0.2, 0) is 0 Å². The molecule has 0 bridgehead atoms. The Morgan fingerprint density at radius 1 is 1.09 bits per heavy atom. The molecule has 0 amide bonds. The monoisotopic (exact) mass is 182 g/mol. The van der Waals surface area contributed by atoms with Crippen molar-refractivity contribution in [1.29, 1.82) is 0 Å². The lowest BCUT2D eigenvalue weighted by Gasteiger charge is -2.01. The van der Waals surface area contributed by atoms with Crippen LogP contribution in [0.2, 0.25) is 0 Å². The molecule has 0 saturated carbocycles. The van der Waals surface area contributed by atoms with E-state index in [1.165, 1.54) is 16.2 Å². The van der Waals surface area contributed by atoms with Gasteiger partial charge in [-0.1, -0.05) is 30.3 Å². The molecule has 11 heavy (non-hydrogen) atoms.